The van der Waals surface area contributed by atoms with Crippen molar-refractivity contribution in [3.8, 4) is 0 Å². The van der Waals surface area contributed by atoms with Crippen LogP contribution in [0.3, 0.4) is 0 Å². The third-order valence-electron chi connectivity index (χ3n) is 5.88. The largest absolute Gasteiger partial charge is 0.410 e. The lowest BCUT2D eigenvalue weighted by atomic mass is 10.1. The molecule has 0 radical (unpaired) electrons. The van der Waals surface area contributed by atoms with Crippen molar-refractivity contribution < 1.29 is 10.0 Å². The molecule has 6 aromatic rings. The number of hydrogen-bond acceptors (Lipinski definition) is 18. The van der Waals surface area contributed by atoms with E-state index >= 15 is 0 Å². The Balaban J connectivity index is 0.000000216. The zero-order chi connectivity index (χ0) is 33.8. The molecule has 0 bridgehead atoms. The molecule has 6 heterocycles. The lowest BCUT2D eigenvalue weighted by Crippen LogP contribution is -2.15. The van der Waals surface area contributed by atoms with Crippen LogP contribution in [-0.4, -0.2) is 77.0 Å². The van der Waals surface area contributed by atoms with E-state index in [9.17, 15) is 0 Å². The van der Waals surface area contributed by atoms with Gasteiger partial charge in [-0.2, -0.15) is 0 Å². The summed E-state index contributed by atoms with van der Waals surface area (Å²) in [4.78, 5) is 21.9. The summed E-state index contributed by atoms with van der Waals surface area (Å²) in [6, 6.07) is 7.47. The molecule has 0 spiro atoms. The van der Waals surface area contributed by atoms with Gasteiger partial charge in [-0.15, -0.1) is 56.9 Å². The van der Waals surface area contributed by atoms with E-state index in [0.717, 1.165) is 16.8 Å². The number of tetrazole rings is 2. The van der Waals surface area contributed by atoms with Gasteiger partial charge in [0.1, 0.15) is 0 Å². The Hall–Kier alpha value is -5.18. The number of alkyl halides is 1. The number of hydrogen-bond donors (Lipinski definition) is 3. The standard InChI is InChI=1S/C13H14N8OS.C9H10N6O.C4H5ClN2S.ClH/c1-8-4-3-5-15-10(8)11(12-17-19-20-21(12)2)18-22-6-9-7-23-13(14)16-9;1-6-4-3-5-10-7(6)8(12-16)9-11-13-14-15(9)2;5-1-3-2-8-4(6)7-3;/h3-5,7H,6H2,1-2H3,(H2,14,16);3-5,16H,1-2H3;2H,1H2,(H2,6,7);1H/b18-11+;12-8+;;. The van der Waals surface area contributed by atoms with Crippen LogP contribution in [0.15, 0.2) is 57.7 Å². The molecule has 0 aromatic carbocycles. The van der Waals surface area contributed by atoms with Crippen molar-refractivity contribution in [2.45, 2.75) is 26.3 Å². The number of rotatable bonds is 8. The van der Waals surface area contributed by atoms with Crippen molar-refractivity contribution in [1.82, 2.24) is 60.4 Å². The molecular weight excluding hydrogens is 703 g/mol. The number of halogens is 2. The highest BCUT2D eigenvalue weighted by Gasteiger charge is 2.19. The summed E-state index contributed by atoms with van der Waals surface area (Å²) >= 11 is 8.19. The van der Waals surface area contributed by atoms with Crippen LogP contribution < -0.4 is 11.5 Å². The predicted octanol–water partition coefficient (Wildman–Crippen LogP) is 2.95. The van der Waals surface area contributed by atoms with E-state index in [2.05, 4.69) is 61.3 Å². The highest BCUT2D eigenvalue weighted by molar-refractivity contribution is 7.13. The Kier molecular flexibility index (Phi) is 14.2. The average Bonchev–Trinajstić information content (AvgIpc) is 3.88. The minimum atomic E-state index is 0. The normalized spacial score (nSPS) is 11.1. The molecule has 252 valence electrons. The van der Waals surface area contributed by atoms with E-state index in [0.29, 0.717) is 50.6 Å². The molecule has 0 unspecified atom stereocenters. The number of nitrogens with two attached hydrogens (primary N) is 2. The van der Waals surface area contributed by atoms with Crippen molar-refractivity contribution in [2.75, 3.05) is 11.5 Å². The fourth-order valence-corrected chi connectivity index (χ4v) is 4.99. The second-order valence-corrected chi connectivity index (χ2v) is 11.3. The summed E-state index contributed by atoms with van der Waals surface area (Å²) in [5.74, 6) is 1.28. The van der Waals surface area contributed by atoms with Crippen LogP contribution in [0.2, 0.25) is 0 Å². The first-order valence-electron chi connectivity index (χ1n) is 13.4. The second kappa shape index (κ2) is 18.2. The fourth-order valence-electron chi connectivity index (χ4n) is 3.65. The van der Waals surface area contributed by atoms with Crippen LogP contribution in [0.5, 0.6) is 0 Å². The van der Waals surface area contributed by atoms with E-state index < -0.39 is 0 Å². The zero-order valence-corrected chi connectivity index (χ0v) is 29.1. The number of anilines is 2. The summed E-state index contributed by atoms with van der Waals surface area (Å²) in [5, 5.41) is 43.6. The number of thiazole rings is 2. The molecule has 0 aliphatic heterocycles. The molecule has 22 heteroatoms. The zero-order valence-electron chi connectivity index (χ0n) is 25.9. The fraction of sp³-hybridized carbons (Fsp3) is 0.231. The monoisotopic (exact) mass is 732 g/mol. The van der Waals surface area contributed by atoms with Gasteiger partial charge in [0.2, 0.25) is 11.6 Å². The molecule has 0 saturated carbocycles. The van der Waals surface area contributed by atoms with Gasteiger partial charge in [-0.25, -0.2) is 19.3 Å². The van der Waals surface area contributed by atoms with Gasteiger partial charge in [0.05, 0.1) is 28.7 Å². The van der Waals surface area contributed by atoms with Crippen molar-refractivity contribution in [3.05, 3.63) is 93.0 Å². The van der Waals surface area contributed by atoms with Crippen LogP contribution in [0, 0.1) is 13.8 Å². The Bertz CT molecular complexity index is 1950. The molecule has 5 N–H and O–H groups in total. The van der Waals surface area contributed by atoms with Crippen LogP contribution in [-0.2, 0) is 31.4 Å². The lowest BCUT2D eigenvalue weighted by Gasteiger charge is -2.07. The Morgan fingerprint density at radius 1 is 0.854 bits per heavy atom. The van der Waals surface area contributed by atoms with Gasteiger partial charge in [0, 0.05) is 37.2 Å². The van der Waals surface area contributed by atoms with Crippen LogP contribution in [0.4, 0.5) is 10.3 Å². The van der Waals surface area contributed by atoms with Crippen LogP contribution in [0.25, 0.3) is 0 Å². The highest BCUT2D eigenvalue weighted by Crippen LogP contribution is 2.15. The third-order valence-corrected chi connectivity index (χ3v) is 7.59. The van der Waals surface area contributed by atoms with Crippen LogP contribution in [0.1, 0.15) is 45.6 Å². The molecule has 0 saturated heterocycles. The first-order chi connectivity index (χ1) is 22.7. The van der Waals surface area contributed by atoms with E-state index in [1.165, 1.54) is 32.0 Å². The first-order valence-corrected chi connectivity index (χ1v) is 15.7. The Morgan fingerprint density at radius 3 is 1.75 bits per heavy atom. The quantitative estimate of drug-likeness (QED) is 0.0882. The van der Waals surface area contributed by atoms with Gasteiger partial charge in [0.25, 0.3) is 0 Å². The van der Waals surface area contributed by atoms with Crippen LogP contribution >= 0.6 is 46.7 Å². The number of oxime groups is 2. The van der Waals surface area contributed by atoms with Gasteiger partial charge >= 0.3 is 0 Å². The second-order valence-electron chi connectivity index (χ2n) is 9.24. The molecule has 0 aliphatic carbocycles. The number of aryl methyl sites for hydroxylation is 4. The van der Waals surface area contributed by atoms with Gasteiger partial charge in [-0.1, -0.05) is 22.4 Å². The summed E-state index contributed by atoms with van der Waals surface area (Å²) in [6.45, 7) is 4.01. The summed E-state index contributed by atoms with van der Waals surface area (Å²) in [7, 11) is 3.39. The third kappa shape index (κ3) is 9.91. The molecule has 0 aliphatic rings. The van der Waals surface area contributed by atoms with Gasteiger partial charge in [-0.3, -0.25) is 9.97 Å². The molecule has 6 aromatic heterocycles. The van der Waals surface area contributed by atoms with Gasteiger partial charge in [-0.05, 0) is 58.0 Å². The predicted molar refractivity (Wildman–Crippen MR) is 183 cm³/mol. The maximum Gasteiger partial charge on any atom is 0.206 e. The van der Waals surface area contributed by atoms with E-state index in [-0.39, 0.29) is 24.7 Å². The molecule has 0 atom stereocenters. The van der Waals surface area contributed by atoms with Crippen molar-refractivity contribution in [1.29, 1.82) is 0 Å². The maximum absolute atomic E-state index is 9.04. The number of aromatic nitrogens is 12. The minimum absolute atomic E-state index is 0. The smallest absolute Gasteiger partial charge is 0.206 e. The van der Waals surface area contributed by atoms with E-state index in [1.54, 1.807) is 26.5 Å². The van der Waals surface area contributed by atoms with Crippen molar-refractivity contribution >= 4 is 68.4 Å². The van der Waals surface area contributed by atoms with Gasteiger partial charge in [0.15, 0.2) is 28.3 Å². The van der Waals surface area contributed by atoms with E-state index in [4.69, 9.17) is 33.1 Å². The molecule has 48 heavy (non-hydrogen) atoms. The topological polar surface area (TPSA) is 245 Å². The molecule has 18 nitrogen and oxygen atoms in total. The summed E-state index contributed by atoms with van der Waals surface area (Å²) < 4.78 is 2.93. The molecule has 6 rings (SSSR count). The van der Waals surface area contributed by atoms with Crippen molar-refractivity contribution in [2.24, 2.45) is 24.4 Å². The highest BCUT2D eigenvalue weighted by atomic mass is 35.5. The first kappa shape index (κ1) is 37.3. The van der Waals surface area contributed by atoms with Crippen molar-refractivity contribution in [3.63, 3.8) is 0 Å². The van der Waals surface area contributed by atoms with Gasteiger partial charge < -0.3 is 21.5 Å². The molecule has 0 amide bonds. The average molecular weight is 734 g/mol. The molecule has 0 fully saturated rings. The number of nitrogen functional groups attached to an aromatic ring is 2. The summed E-state index contributed by atoms with van der Waals surface area (Å²) in [5.41, 5.74) is 16.2. The maximum atomic E-state index is 9.04. The minimum Gasteiger partial charge on any atom is -0.410 e. The van der Waals surface area contributed by atoms with E-state index in [1.807, 2.05) is 48.9 Å². The lowest BCUT2D eigenvalue weighted by molar-refractivity contribution is 0.128. The number of nitrogens with zero attached hydrogens (tertiary/aromatic N) is 14. The summed E-state index contributed by atoms with van der Waals surface area (Å²) in [6.07, 6.45) is 3.31. The SMILES string of the molecule is Cc1cccnc1/C(=N\O)c1nnnn1C.Cc1cccnc1/C(=N\OCc1csc(N)n1)c1nnnn1C.Cl.Nc1nc(CCl)cs1. The number of pyridine rings is 2. The molecular formula is C26H30Cl2N16O2S2. The Labute approximate surface area is 293 Å². The Morgan fingerprint density at radius 2 is 1.35 bits per heavy atom.